The maximum atomic E-state index is 12.6. The molecule has 1 aliphatic heterocycles. The molecule has 176 valence electrons. The summed E-state index contributed by atoms with van der Waals surface area (Å²) in [5, 5.41) is 14.8. The molecule has 0 amide bonds. The third-order valence-corrected chi connectivity index (χ3v) is 8.94. The maximum Gasteiger partial charge on any atom is 0.247 e. The Bertz CT molecular complexity index is 1640. The molecule has 1 saturated carbocycles. The molecule has 4 aromatic rings. The first kappa shape index (κ1) is 21.6. The molecule has 2 fully saturated rings. The van der Waals surface area contributed by atoms with Gasteiger partial charge in [-0.2, -0.15) is 14.7 Å². The van der Waals surface area contributed by atoms with E-state index in [2.05, 4.69) is 16.0 Å². The van der Waals surface area contributed by atoms with E-state index in [1.54, 1.807) is 29.3 Å². The zero-order valence-electron chi connectivity index (χ0n) is 18.6. The first-order chi connectivity index (χ1) is 16.9. The number of pyridine rings is 3. The van der Waals surface area contributed by atoms with E-state index in [4.69, 9.17) is 10.1 Å². The predicted molar refractivity (Wildman–Crippen MR) is 129 cm³/mol. The Hall–Kier alpha value is -3.88. The van der Waals surface area contributed by atoms with Crippen molar-refractivity contribution in [2.75, 3.05) is 13.1 Å². The number of nitrogens with zero attached hydrogens (tertiary/aromatic N) is 6. The van der Waals surface area contributed by atoms with E-state index < -0.39 is 15.6 Å². The lowest BCUT2D eigenvalue weighted by atomic mass is 9.89. The summed E-state index contributed by atoms with van der Waals surface area (Å²) >= 11 is 0. The minimum Gasteiger partial charge on any atom is -0.328 e. The van der Waals surface area contributed by atoms with Crippen LogP contribution in [0, 0.1) is 11.3 Å². The summed E-state index contributed by atoms with van der Waals surface area (Å²) in [5.74, 6) is 0. The molecule has 6 rings (SSSR count). The highest BCUT2D eigenvalue weighted by molar-refractivity contribution is 7.90. The van der Waals surface area contributed by atoms with Crippen molar-refractivity contribution in [3.63, 3.8) is 0 Å². The number of aromatic nitrogens is 5. The number of aromatic amines is 1. The molecular formula is C24H21N7O3S. The monoisotopic (exact) mass is 487 g/mol. The molecule has 2 aliphatic rings. The fourth-order valence-corrected chi connectivity index (χ4v) is 6.55. The number of rotatable bonds is 6. The summed E-state index contributed by atoms with van der Waals surface area (Å²) in [7, 11) is -3.30. The maximum absolute atomic E-state index is 12.6. The fourth-order valence-electron chi connectivity index (χ4n) is 4.55. The quantitative estimate of drug-likeness (QED) is 0.440. The average Bonchev–Trinajstić information content (AvgIpc) is 3.59. The number of hydrogen-bond donors (Lipinski definition) is 1. The first-order valence-corrected chi connectivity index (χ1v) is 12.8. The topological polar surface area (TPSA) is 138 Å². The highest BCUT2D eigenvalue weighted by Crippen LogP contribution is 2.40. The van der Waals surface area contributed by atoms with Crippen molar-refractivity contribution in [2.24, 2.45) is 0 Å². The number of sulfonamides is 1. The molecule has 0 spiro atoms. The lowest BCUT2D eigenvalue weighted by Crippen LogP contribution is -2.64. The van der Waals surface area contributed by atoms with Crippen LogP contribution in [0.4, 0.5) is 0 Å². The minimum absolute atomic E-state index is 0.151. The van der Waals surface area contributed by atoms with Gasteiger partial charge in [0.1, 0.15) is 16.9 Å². The van der Waals surface area contributed by atoms with E-state index in [-0.39, 0.29) is 30.3 Å². The SMILES string of the molecule is N#CCC1(n2ccc(-c3nc(-c4ccc(=O)[nH]c4)cc4ncccc34)n2)CN(S(=O)(=O)C2CC2)C1. The van der Waals surface area contributed by atoms with Gasteiger partial charge in [0, 0.05) is 48.7 Å². The van der Waals surface area contributed by atoms with E-state index in [0.29, 0.717) is 29.9 Å². The largest absolute Gasteiger partial charge is 0.328 e. The van der Waals surface area contributed by atoms with Crippen molar-refractivity contribution in [3.8, 4) is 28.7 Å². The standard InChI is InChI=1S/C24H21N7O3S/c25-9-8-24(14-30(15-24)35(33,34)17-4-5-17)31-11-7-19(29-31)23-18-2-1-10-26-21(18)12-20(28-23)16-3-6-22(32)27-13-16/h1-3,6-7,10-13,17H,4-5,8,14-15H2,(H,27,32). The molecule has 35 heavy (non-hydrogen) atoms. The second kappa shape index (κ2) is 7.83. The Morgan fingerprint density at radius 2 is 2.00 bits per heavy atom. The Balaban J connectivity index is 1.40. The van der Waals surface area contributed by atoms with Crippen molar-refractivity contribution >= 4 is 20.9 Å². The van der Waals surface area contributed by atoms with E-state index in [9.17, 15) is 18.5 Å². The Labute approximate surface area is 200 Å². The number of hydrogen-bond acceptors (Lipinski definition) is 7. The van der Waals surface area contributed by atoms with Crippen LogP contribution >= 0.6 is 0 Å². The first-order valence-electron chi connectivity index (χ1n) is 11.3. The zero-order valence-corrected chi connectivity index (χ0v) is 19.4. The molecule has 4 aromatic heterocycles. The molecular weight excluding hydrogens is 466 g/mol. The van der Waals surface area contributed by atoms with Gasteiger partial charge in [-0.1, -0.05) is 0 Å². The van der Waals surface area contributed by atoms with Gasteiger partial charge >= 0.3 is 0 Å². The summed E-state index contributed by atoms with van der Waals surface area (Å²) in [6.07, 6.45) is 6.64. The Morgan fingerprint density at radius 3 is 2.71 bits per heavy atom. The van der Waals surface area contributed by atoms with E-state index in [0.717, 1.165) is 16.5 Å². The smallest absolute Gasteiger partial charge is 0.247 e. The molecule has 1 saturated heterocycles. The van der Waals surface area contributed by atoms with Gasteiger partial charge in [0.05, 0.1) is 29.0 Å². The van der Waals surface area contributed by atoms with E-state index in [1.807, 2.05) is 24.3 Å². The third-order valence-electron chi connectivity index (χ3n) is 6.65. The summed E-state index contributed by atoms with van der Waals surface area (Å²) in [4.78, 5) is 23.5. The van der Waals surface area contributed by atoms with Crippen LogP contribution in [-0.2, 0) is 15.6 Å². The van der Waals surface area contributed by atoms with Gasteiger partial charge in [-0.15, -0.1) is 0 Å². The Morgan fingerprint density at radius 1 is 1.17 bits per heavy atom. The molecule has 0 bridgehead atoms. The lowest BCUT2D eigenvalue weighted by molar-refractivity contribution is 0.0718. The molecule has 0 atom stereocenters. The summed E-state index contributed by atoms with van der Waals surface area (Å²) < 4.78 is 28.5. The van der Waals surface area contributed by atoms with Gasteiger partial charge in [0.25, 0.3) is 0 Å². The van der Waals surface area contributed by atoms with E-state index >= 15 is 0 Å². The molecule has 11 heteroatoms. The van der Waals surface area contributed by atoms with E-state index in [1.165, 1.54) is 10.4 Å². The zero-order chi connectivity index (χ0) is 24.2. The van der Waals surface area contributed by atoms with Gasteiger partial charge in [-0.25, -0.2) is 13.4 Å². The van der Waals surface area contributed by atoms with Crippen LogP contribution in [0.15, 0.2) is 59.8 Å². The number of nitriles is 1. The van der Waals surface area contributed by atoms with Crippen molar-refractivity contribution in [2.45, 2.75) is 30.1 Å². The minimum atomic E-state index is -3.30. The fraction of sp³-hybridized carbons (Fsp3) is 0.292. The van der Waals surface area contributed by atoms with Gasteiger partial charge in [0.15, 0.2) is 0 Å². The van der Waals surface area contributed by atoms with Crippen LogP contribution in [-0.4, -0.2) is 55.8 Å². The summed E-state index contributed by atoms with van der Waals surface area (Å²) in [6, 6.07) is 12.8. The normalized spacial score (nSPS) is 17.7. The molecule has 0 unspecified atom stereocenters. The lowest BCUT2D eigenvalue weighted by Gasteiger charge is -2.48. The number of nitrogens with one attached hydrogen (secondary N) is 1. The number of fused-ring (bicyclic) bond motifs is 1. The summed E-state index contributed by atoms with van der Waals surface area (Å²) in [6.45, 7) is 0.460. The van der Waals surface area contributed by atoms with Crippen molar-refractivity contribution < 1.29 is 8.42 Å². The van der Waals surface area contributed by atoms with Crippen LogP contribution in [0.1, 0.15) is 19.3 Å². The second-order valence-corrected chi connectivity index (χ2v) is 11.3. The summed E-state index contributed by atoms with van der Waals surface area (Å²) in [5.41, 5.74) is 2.39. The highest BCUT2D eigenvalue weighted by Gasteiger charge is 2.53. The van der Waals surface area contributed by atoms with Crippen LogP contribution in [0.5, 0.6) is 0 Å². The Kier molecular flexibility index (Phi) is 4.84. The molecule has 0 aromatic carbocycles. The number of H-pyrrole nitrogens is 1. The van der Waals surface area contributed by atoms with Gasteiger partial charge < -0.3 is 4.98 Å². The molecule has 1 N–H and O–H groups in total. The predicted octanol–water partition coefficient (Wildman–Crippen LogP) is 2.27. The molecule has 1 aliphatic carbocycles. The average molecular weight is 488 g/mol. The van der Waals surface area contributed by atoms with Gasteiger partial charge in [0.2, 0.25) is 15.6 Å². The van der Waals surface area contributed by atoms with Gasteiger partial charge in [-0.05, 0) is 43.2 Å². The van der Waals surface area contributed by atoms with Crippen LogP contribution in [0.3, 0.4) is 0 Å². The van der Waals surface area contributed by atoms with Crippen LogP contribution in [0.25, 0.3) is 33.5 Å². The molecule has 5 heterocycles. The van der Waals surface area contributed by atoms with Crippen LogP contribution < -0.4 is 5.56 Å². The molecule has 0 radical (unpaired) electrons. The molecule has 10 nitrogen and oxygen atoms in total. The highest BCUT2D eigenvalue weighted by atomic mass is 32.2. The van der Waals surface area contributed by atoms with Crippen molar-refractivity contribution in [1.82, 2.24) is 29.0 Å². The van der Waals surface area contributed by atoms with Crippen molar-refractivity contribution in [1.29, 1.82) is 5.26 Å². The third kappa shape index (κ3) is 3.62. The van der Waals surface area contributed by atoms with Gasteiger partial charge in [-0.3, -0.25) is 14.5 Å². The second-order valence-electron chi connectivity index (χ2n) is 9.08. The van der Waals surface area contributed by atoms with Crippen molar-refractivity contribution in [3.05, 3.63) is 65.3 Å². The van der Waals surface area contributed by atoms with Crippen LogP contribution in [0.2, 0.25) is 0 Å².